The van der Waals surface area contributed by atoms with Crippen LogP contribution in [-0.4, -0.2) is 12.6 Å². The molecule has 0 heterocycles. The van der Waals surface area contributed by atoms with Crippen molar-refractivity contribution in [2.45, 2.75) is 38.2 Å². The van der Waals surface area contributed by atoms with E-state index in [1.807, 2.05) is 24.3 Å². The zero-order valence-corrected chi connectivity index (χ0v) is 10.1. The highest BCUT2D eigenvalue weighted by Gasteiger charge is 2.23. The highest BCUT2D eigenvalue weighted by molar-refractivity contribution is 5.39. The van der Waals surface area contributed by atoms with Crippen molar-refractivity contribution in [1.82, 2.24) is 0 Å². The van der Waals surface area contributed by atoms with Gasteiger partial charge in [-0.2, -0.15) is 0 Å². The zero-order chi connectivity index (χ0) is 11.9. The number of nitrogens with two attached hydrogens (primary N) is 1. The topological polar surface area (TPSA) is 35.2 Å². The molecular weight excluding hydrogens is 210 g/mol. The Kier molecular flexibility index (Phi) is 4.46. The van der Waals surface area contributed by atoms with Gasteiger partial charge in [-0.15, -0.1) is 0 Å². The van der Waals surface area contributed by atoms with E-state index in [-0.39, 0.29) is 0 Å². The first-order valence-electron chi connectivity index (χ1n) is 6.34. The molecule has 0 radical (unpaired) electrons. The third-order valence-electron chi connectivity index (χ3n) is 2.65. The van der Waals surface area contributed by atoms with E-state index >= 15 is 0 Å². The summed E-state index contributed by atoms with van der Waals surface area (Å²) in [6.45, 7) is 0.756. The highest BCUT2D eigenvalue weighted by atomic mass is 16.5. The molecule has 0 aliphatic heterocycles. The molecule has 1 fully saturated rings. The second-order valence-electron chi connectivity index (χ2n) is 4.39. The van der Waals surface area contributed by atoms with E-state index in [1.165, 1.54) is 12.8 Å². The molecule has 1 saturated carbocycles. The summed E-state index contributed by atoms with van der Waals surface area (Å²) in [6, 6.07) is 8.05. The lowest BCUT2D eigenvalue weighted by molar-refractivity contribution is 0.303. The predicted molar refractivity (Wildman–Crippen MR) is 69.9 cm³/mol. The van der Waals surface area contributed by atoms with Crippen molar-refractivity contribution in [2.24, 2.45) is 5.73 Å². The normalized spacial score (nSPS) is 13.9. The van der Waals surface area contributed by atoms with Crippen molar-refractivity contribution < 1.29 is 4.74 Å². The van der Waals surface area contributed by atoms with Crippen LogP contribution in [0.4, 0.5) is 0 Å². The van der Waals surface area contributed by atoms with Crippen molar-refractivity contribution in [3.63, 3.8) is 0 Å². The Balaban J connectivity index is 1.86. The molecule has 2 heteroatoms. The first kappa shape index (κ1) is 12.0. The van der Waals surface area contributed by atoms with Gasteiger partial charge in [-0.05, 0) is 50.4 Å². The Bertz CT molecular complexity index is 412. The molecule has 2 rings (SSSR count). The lowest BCUT2D eigenvalue weighted by atomic mass is 10.2. The van der Waals surface area contributed by atoms with Gasteiger partial charge in [0.05, 0.1) is 6.10 Å². The van der Waals surface area contributed by atoms with Crippen molar-refractivity contribution in [3.05, 3.63) is 29.8 Å². The SMILES string of the molecule is NCCCCC#Cc1cccc(OC2CC2)c1. The Labute approximate surface area is 103 Å². The van der Waals surface area contributed by atoms with E-state index in [0.29, 0.717) is 6.10 Å². The van der Waals surface area contributed by atoms with E-state index < -0.39 is 0 Å². The average molecular weight is 229 g/mol. The van der Waals surface area contributed by atoms with Crippen molar-refractivity contribution in [3.8, 4) is 17.6 Å². The maximum absolute atomic E-state index is 5.73. The summed E-state index contributed by atoms with van der Waals surface area (Å²) in [7, 11) is 0. The second kappa shape index (κ2) is 6.32. The average Bonchev–Trinajstić information content (AvgIpc) is 3.13. The van der Waals surface area contributed by atoms with E-state index in [2.05, 4.69) is 11.8 Å². The van der Waals surface area contributed by atoms with E-state index in [9.17, 15) is 0 Å². The Morgan fingerprint density at radius 1 is 1.29 bits per heavy atom. The molecule has 2 nitrogen and oxygen atoms in total. The maximum Gasteiger partial charge on any atom is 0.120 e. The van der Waals surface area contributed by atoms with Gasteiger partial charge in [-0.1, -0.05) is 17.9 Å². The van der Waals surface area contributed by atoms with Gasteiger partial charge in [0.1, 0.15) is 5.75 Å². The quantitative estimate of drug-likeness (QED) is 0.622. The van der Waals surface area contributed by atoms with E-state index in [1.54, 1.807) is 0 Å². The number of hydrogen-bond donors (Lipinski definition) is 1. The van der Waals surface area contributed by atoms with Crippen LogP contribution in [0.3, 0.4) is 0 Å². The molecule has 0 atom stereocenters. The van der Waals surface area contributed by atoms with Gasteiger partial charge in [0, 0.05) is 12.0 Å². The van der Waals surface area contributed by atoms with Crippen molar-refractivity contribution >= 4 is 0 Å². The fraction of sp³-hybridized carbons (Fsp3) is 0.467. The number of unbranched alkanes of at least 4 members (excludes halogenated alkanes) is 2. The molecule has 1 aliphatic rings. The van der Waals surface area contributed by atoms with Crippen LogP contribution in [0.1, 0.15) is 37.7 Å². The molecule has 0 amide bonds. The van der Waals surface area contributed by atoms with Gasteiger partial charge in [0.25, 0.3) is 0 Å². The van der Waals surface area contributed by atoms with Gasteiger partial charge >= 0.3 is 0 Å². The summed E-state index contributed by atoms with van der Waals surface area (Å²) >= 11 is 0. The van der Waals surface area contributed by atoms with Crippen LogP contribution in [0.25, 0.3) is 0 Å². The predicted octanol–water partition coefficient (Wildman–Crippen LogP) is 2.71. The van der Waals surface area contributed by atoms with Gasteiger partial charge in [-0.3, -0.25) is 0 Å². The zero-order valence-electron chi connectivity index (χ0n) is 10.1. The number of hydrogen-bond acceptors (Lipinski definition) is 2. The summed E-state index contributed by atoms with van der Waals surface area (Å²) in [4.78, 5) is 0. The van der Waals surface area contributed by atoms with Crippen LogP contribution in [0, 0.1) is 11.8 Å². The van der Waals surface area contributed by atoms with Crippen LogP contribution in [0.2, 0.25) is 0 Å². The fourth-order valence-electron chi connectivity index (χ4n) is 1.55. The summed E-state index contributed by atoms with van der Waals surface area (Å²) in [6.07, 6.45) is 5.89. The number of benzene rings is 1. The molecule has 0 bridgehead atoms. The number of rotatable bonds is 5. The van der Waals surface area contributed by atoms with Crippen LogP contribution in [-0.2, 0) is 0 Å². The summed E-state index contributed by atoms with van der Waals surface area (Å²) < 4.78 is 5.73. The monoisotopic (exact) mass is 229 g/mol. The first-order valence-corrected chi connectivity index (χ1v) is 6.34. The first-order chi connectivity index (χ1) is 8.38. The third-order valence-corrected chi connectivity index (χ3v) is 2.65. The molecule has 0 saturated heterocycles. The summed E-state index contributed by atoms with van der Waals surface area (Å²) in [5, 5.41) is 0. The van der Waals surface area contributed by atoms with Gasteiger partial charge in [0.15, 0.2) is 0 Å². The fourth-order valence-corrected chi connectivity index (χ4v) is 1.55. The molecule has 0 unspecified atom stereocenters. The van der Waals surface area contributed by atoms with Crippen LogP contribution < -0.4 is 10.5 Å². The molecular formula is C15H19NO. The summed E-state index contributed by atoms with van der Waals surface area (Å²) in [5.41, 5.74) is 6.47. The standard InChI is InChI=1S/C15H19NO/c16-11-4-2-1-3-6-13-7-5-8-15(12-13)17-14-9-10-14/h5,7-8,12,14H,1-2,4,9-11,16H2. The molecule has 1 aromatic rings. The minimum atomic E-state index is 0.447. The van der Waals surface area contributed by atoms with E-state index in [4.69, 9.17) is 10.5 Å². The van der Waals surface area contributed by atoms with Crippen LogP contribution in [0.5, 0.6) is 5.75 Å². The van der Waals surface area contributed by atoms with Crippen molar-refractivity contribution in [2.75, 3.05) is 6.54 Å². The Morgan fingerprint density at radius 2 is 2.18 bits per heavy atom. The van der Waals surface area contributed by atoms with Crippen molar-refractivity contribution in [1.29, 1.82) is 0 Å². The second-order valence-corrected chi connectivity index (χ2v) is 4.39. The molecule has 2 N–H and O–H groups in total. The summed E-state index contributed by atoms with van der Waals surface area (Å²) in [5.74, 6) is 7.28. The Hall–Kier alpha value is -1.46. The molecule has 1 aromatic carbocycles. The molecule has 90 valence electrons. The highest BCUT2D eigenvalue weighted by Crippen LogP contribution is 2.26. The largest absolute Gasteiger partial charge is 0.490 e. The van der Waals surface area contributed by atoms with Gasteiger partial charge in [-0.25, -0.2) is 0 Å². The Morgan fingerprint density at radius 3 is 2.94 bits per heavy atom. The smallest absolute Gasteiger partial charge is 0.120 e. The van der Waals surface area contributed by atoms with Gasteiger partial charge in [0.2, 0.25) is 0 Å². The van der Waals surface area contributed by atoms with Gasteiger partial charge < -0.3 is 10.5 Å². The van der Waals surface area contributed by atoms with Crippen LogP contribution in [0.15, 0.2) is 24.3 Å². The molecule has 0 aromatic heterocycles. The molecule has 17 heavy (non-hydrogen) atoms. The lowest BCUT2D eigenvalue weighted by Crippen LogP contribution is -1.97. The minimum absolute atomic E-state index is 0.447. The lowest BCUT2D eigenvalue weighted by Gasteiger charge is -2.03. The third kappa shape index (κ3) is 4.50. The molecule has 1 aliphatic carbocycles. The van der Waals surface area contributed by atoms with Crippen LogP contribution >= 0.6 is 0 Å². The van der Waals surface area contributed by atoms with E-state index in [0.717, 1.165) is 37.1 Å². The number of ether oxygens (including phenoxy) is 1. The molecule has 0 spiro atoms. The maximum atomic E-state index is 5.73. The minimum Gasteiger partial charge on any atom is -0.490 e.